The van der Waals surface area contributed by atoms with Gasteiger partial charge in [-0.1, -0.05) is 48.3 Å². The average molecular weight is 430 g/mol. The van der Waals surface area contributed by atoms with Crippen LogP contribution in [0.5, 0.6) is 0 Å². The van der Waals surface area contributed by atoms with E-state index in [9.17, 15) is 17.9 Å². The summed E-state index contributed by atoms with van der Waals surface area (Å²) in [4.78, 5) is 0.121. The third kappa shape index (κ3) is 5.10. The fourth-order valence-corrected chi connectivity index (χ4v) is 4.09. The Labute approximate surface area is 156 Å². The van der Waals surface area contributed by atoms with Crippen molar-refractivity contribution in [2.45, 2.75) is 37.3 Å². The molecule has 7 heteroatoms. The van der Waals surface area contributed by atoms with Gasteiger partial charge in [-0.3, -0.25) is 0 Å². The van der Waals surface area contributed by atoms with E-state index in [1.165, 1.54) is 36.4 Å². The summed E-state index contributed by atoms with van der Waals surface area (Å²) in [6, 6.07) is 10.9. The monoisotopic (exact) mass is 429 g/mol. The molecule has 0 aliphatic heterocycles. The SMILES string of the molecule is CCC(C)C(NS(=O)(=O)c1ccc(Br)cc1)C(O)c1ccc(F)cc1. The highest BCUT2D eigenvalue weighted by Crippen LogP contribution is 2.26. The highest BCUT2D eigenvalue weighted by molar-refractivity contribution is 9.10. The summed E-state index contributed by atoms with van der Waals surface area (Å²) in [7, 11) is -3.80. The van der Waals surface area contributed by atoms with Gasteiger partial charge < -0.3 is 5.11 Å². The number of rotatable bonds is 7. The van der Waals surface area contributed by atoms with E-state index in [2.05, 4.69) is 20.7 Å². The molecule has 3 atom stereocenters. The molecule has 0 spiro atoms. The first kappa shape index (κ1) is 20.0. The standard InChI is InChI=1S/C18H21BrFNO3S/c1-3-12(2)17(18(22)13-4-8-15(20)9-5-13)21-25(23,24)16-10-6-14(19)7-11-16/h4-12,17-18,21-22H,3H2,1-2H3. The fraction of sp³-hybridized carbons (Fsp3) is 0.333. The summed E-state index contributed by atoms with van der Waals surface area (Å²) in [5.41, 5.74) is 0.463. The lowest BCUT2D eigenvalue weighted by atomic mass is 9.91. The maximum Gasteiger partial charge on any atom is 0.240 e. The van der Waals surface area contributed by atoms with Gasteiger partial charge in [-0.05, 0) is 47.9 Å². The van der Waals surface area contributed by atoms with E-state index in [0.717, 1.165) is 4.47 Å². The summed E-state index contributed by atoms with van der Waals surface area (Å²) >= 11 is 3.27. The number of sulfonamides is 1. The lowest BCUT2D eigenvalue weighted by Crippen LogP contribution is -2.43. The maximum absolute atomic E-state index is 13.1. The molecule has 0 heterocycles. The van der Waals surface area contributed by atoms with Gasteiger partial charge in [-0.2, -0.15) is 0 Å². The van der Waals surface area contributed by atoms with Crippen LogP contribution < -0.4 is 4.72 Å². The molecule has 0 radical (unpaired) electrons. The van der Waals surface area contributed by atoms with Crippen molar-refractivity contribution in [1.82, 2.24) is 4.72 Å². The van der Waals surface area contributed by atoms with Crippen LogP contribution in [0.15, 0.2) is 57.9 Å². The van der Waals surface area contributed by atoms with E-state index < -0.39 is 28.0 Å². The molecule has 2 N–H and O–H groups in total. The van der Waals surface area contributed by atoms with Gasteiger partial charge in [-0.25, -0.2) is 17.5 Å². The summed E-state index contributed by atoms with van der Waals surface area (Å²) in [5.74, 6) is -0.531. The molecule has 25 heavy (non-hydrogen) atoms. The van der Waals surface area contributed by atoms with Gasteiger partial charge in [0.15, 0.2) is 0 Å². The number of hydrogen-bond donors (Lipinski definition) is 2. The number of aliphatic hydroxyl groups excluding tert-OH is 1. The van der Waals surface area contributed by atoms with Gasteiger partial charge in [0.05, 0.1) is 17.0 Å². The number of nitrogens with one attached hydrogen (secondary N) is 1. The minimum atomic E-state index is -3.80. The molecule has 2 aromatic rings. The summed E-state index contributed by atoms with van der Waals surface area (Å²) in [6.45, 7) is 3.78. The smallest absolute Gasteiger partial charge is 0.240 e. The van der Waals surface area contributed by atoms with E-state index in [-0.39, 0.29) is 10.8 Å². The molecule has 0 saturated heterocycles. The first-order valence-corrected chi connectivity index (χ1v) is 10.2. The van der Waals surface area contributed by atoms with E-state index in [1.807, 2.05) is 13.8 Å². The van der Waals surface area contributed by atoms with Gasteiger partial charge >= 0.3 is 0 Å². The van der Waals surface area contributed by atoms with Gasteiger partial charge in [0.25, 0.3) is 0 Å². The van der Waals surface area contributed by atoms with Gasteiger partial charge in [0, 0.05) is 4.47 Å². The lowest BCUT2D eigenvalue weighted by Gasteiger charge is -2.29. The van der Waals surface area contributed by atoms with Gasteiger partial charge in [0.2, 0.25) is 10.0 Å². The van der Waals surface area contributed by atoms with Crippen molar-refractivity contribution in [1.29, 1.82) is 0 Å². The van der Waals surface area contributed by atoms with E-state index in [1.54, 1.807) is 12.1 Å². The molecular weight excluding hydrogens is 409 g/mol. The largest absolute Gasteiger partial charge is 0.387 e. The Kier molecular flexibility index (Phi) is 6.73. The zero-order valence-electron chi connectivity index (χ0n) is 14.0. The lowest BCUT2D eigenvalue weighted by molar-refractivity contribution is 0.112. The second-order valence-electron chi connectivity index (χ2n) is 5.98. The third-order valence-corrected chi connectivity index (χ3v) is 6.23. The first-order chi connectivity index (χ1) is 11.7. The molecule has 0 fully saturated rings. The van der Waals surface area contributed by atoms with Gasteiger partial charge in [-0.15, -0.1) is 0 Å². The van der Waals surface area contributed by atoms with Crippen molar-refractivity contribution in [2.75, 3.05) is 0 Å². The topological polar surface area (TPSA) is 66.4 Å². The Bertz CT molecular complexity index is 794. The maximum atomic E-state index is 13.1. The highest BCUT2D eigenvalue weighted by atomic mass is 79.9. The van der Waals surface area contributed by atoms with Crippen LogP contribution in [-0.4, -0.2) is 19.6 Å². The zero-order valence-corrected chi connectivity index (χ0v) is 16.4. The Morgan fingerprint density at radius 2 is 1.68 bits per heavy atom. The summed E-state index contributed by atoms with van der Waals surface area (Å²) < 4.78 is 41.8. The second-order valence-corrected chi connectivity index (χ2v) is 8.61. The average Bonchev–Trinajstić information content (AvgIpc) is 2.59. The molecule has 0 aromatic heterocycles. The van der Waals surface area contributed by atoms with Gasteiger partial charge in [0.1, 0.15) is 5.82 Å². The predicted octanol–water partition coefficient (Wildman–Crippen LogP) is 4.01. The van der Waals surface area contributed by atoms with Crippen molar-refractivity contribution >= 4 is 26.0 Å². The highest BCUT2D eigenvalue weighted by Gasteiger charge is 2.30. The second kappa shape index (κ2) is 8.40. The van der Waals surface area contributed by atoms with Crippen molar-refractivity contribution in [2.24, 2.45) is 5.92 Å². The zero-order chi connectivity index (χ0) is 18.6. The molecule has 0 bridgehead atoms. The first-order valence-electron chi connectivity index (χ1n) is 7.96. The predicted molar refractivity (Wildman–Crippen MR) is 99.1 cm³/mol. The molecule has 0 aliphatic rings. The van der Waals surface area contributed by atoms with E-state index >= 15 is 0 Å². The quantitative estimate of drug-likeness (QED) is 0.698. The van der Waals surface area contributed by atoms with Crippen molar-refractivity contribution in [3.05, 3.63) is 64.4 Å². The normalized spacial score (nSPS) is 15.6. The summed E-state index contributed by atoms with van der Waals surface area (Å²) in [6.07, 6.45) is -0.410. The molecule has 0 aliphatic carbocycles. The Morgan fingerprint density at radius 1 is 1.12 bits per heavy atom. The molecular formula is C18H21BrFNO3S. The molecule has 2 rings (SSSR count). The third-order valence-electron chi connectivity index (χ3n) is 4.22. The van der Waals surface area contributed by atoms with Crippen LogP contribution in [0, 0.1) is 11.7 Å². The van der Waals surface area contributed by atoms with Crippen LogP contribution in [0.25, 0.3) is 0 Å². The Balaban J connectivity index is 2.31. The number of benzene rings is 2. The van der Waals surface area contributed by atoms with Crippen LogP contribution in [0.3, 0.4) is 0 Å². The Hall–Kier alpha value is -1.28. The molecule has 0 saturated carbocycles. The van der Waals surface area contributed by atoms with E-state index in [4.69, 9.17) is 0 Å². The molecule has 136 valence electrons. The number of aliphatic hydroxyl groups is 1. The molecule has 2 aromatic carbocycles. The minimum Gasteiger partial charge on any atom is -0.387 e. The molecule has 0 amide bonds. The van der Waals surface area contributed by atoms with Crippen LogP contribution in [-0.2, 0) is 10.0 Å². The van der Waals surface area contributed by atoms with Crippen LogP contribution in [0.4, 0.5) is 4.39 Å². The molecule has 4 nitrogen and oxygen atoms in total. The summed E-state index contributed by atoms with van der Waals surface area (Å²) in [5, 5.41) is 10.7. The van der Waals surface area contributed by atoms with Crippen LogP contribution in [0.1, 0.15) is 31.9 Å². The van der Waals surface area contributed by atoms with Crippen molar-refractivity contribution in [3.63, 3.8) is 0 Å². The van der Waals surface area contributed by atoms with E-state index in [0.29, 0.717) is 12.0 Å². The number of hydrogen-bond acceptors (Lipinski definition) is 3. The van der Waals surface area contributed by atoms with Crippen molar-refractivity contribution < 1.29 is 17.9 Å². The number of halogens is 2. The minimum absolute atomic E-state index is 0.120. The molecule has 3 unspecified atom stereocenters. The Morgan fingerprint density at radius 3 is 2.20 bits per heavy atom. The fourth-order valence-electron chi connectivity index (χ4n) is 2.47. The van der Waals surface area contributed by atoms with Crippen LogP contribution in [0.2, 0.25) is 0 Å². The van der Waals surface area contributed by atoms with Crippen molar-refractivity contribution in [3.8, 4) is 0 Å². The van der Waals surface area contributed by atoms with Crippen LogP contribution >= 0.6 is 15.9 Å².